The van der Waals surface area contributed by atoms with E-state index in [1.54, 1.807) is 49.6 Å². The molecule has 0 aliphatic carbocycles. The zero-order chi connectivity index (χ0) is 24.2. The van der Waals surface area contributed by atoms with Gasteiger partial charge in [0, 0.05) is 11.6 Å². The molecule has 3 aromatic carbocycles. The number of methoxy groups -OCH3 is 2. The van der Waals surface area contributed by atoms with E-state index in [-0.39, 0.29) is 11.3 Å². The number of carbonyl (C=O) groups is 2. The van der Waals surface area contributed by atoms with Crippen LogP contribution < -0.4 is 24.4 Å². The molecule has 4 rings (SSSR count). The molecule has 0 radical (unpaired) electrons. The van der Waals surface area contributed by atoms with Gasteiger partial charge in [-0.1, -0.05) is 30.3 Å². The standard InChI is InChI=1S/C27H26N2O5/c1-5-34-19-10-8-9-18(16-19)29-26(30)24(20-11-6-7-12-22(20)32-3)25(27(29)31)28-21-15-17(2)13-14-23(21)33-4/h6-16,28H,5H2,1-4H3. The molecule has 0 atom stereocenters. The van der Waals surface area contributed by atoms with Crippen LogP contribution in [0.3, 0.4) is 0 Å². The van der Waals surface area contributed by atoms with Crippen molar-refractivity contribution >= 4 is 28.8 Å². The molecule has 0 saturated heterocycles. The van der Waals surface area contributed by atoms with Crippen molar-refractivity contribution in [2.75, 3.05) is 31.0 Å². The molecule has 0 fully saturated rings. The third-order valence-electron chi connectivity index (χ3n) is 5.46. The first-order chi connectivity index (χ1) is 16.5. The summed E-state index contributed by atoms with van der Waals surface area (Å²) in [4.78, 5) is 28.6. The lowest BCUT2D eigenvalue weighted by Gasteiger charge is -2.17. The summed E-state index contributed by atoms with van der Waals surface area (Å²) in [7, 11) is 3.08. The molecule has 7 nitrogen and oxygen atoms in total. The number of nitrogens with one attached hydrogen (secondary N) is 1. The van der Waals surface area contributed by atoms with Gasteiger partial charge in [-0.05, 0) is 49.7 Å². The Hall–Kier alpha value is -4.26. The van der Waals surface area contributed by atoms with Gasteiger partial charge >= 0.3 is 0 Å². The van der Waals surface area contributed by atoms with E-state index in [1.807, 2.05) is 38.1 Å². The first kappa shape index (κ1) is 22.9. The molecule has 0 aromatic heterocycles. The van der Waals surface area contributed by atoms with E-state index < -0.39 is 11.8 Å². The Morgan fingerprint density at radius 3 is 2.35 bits per heavy atom. The summed E-state index contributed by atoms with van der Waals surface area (Å²) in [6.45, 7) is 4.28. The lowest BCUT2D eigenvalue weighted by molar-refractivity contribution is -0.120. The molecule has 0 bridgehead atoms. The second-order valence-electron chi connectivity index (χ2n) is 7.66. The van der Waals surface area contributed by atoms with Gasteiger partial charge in [0.1, 0.15) is 22.9 Å². The molecule has 1 N–H and O–H groups in total. The molecule has 1 heterocycles. The monoisotopic (exact) mass is 458 g/mol. The average Bonchev–Trinajstić information content (AvgIpc) is 3.08. The Morgan fingerprint density at radius 1 is 0.853 bits per heavy atom. The van der Waals surface area contributed by atoms with Crippen molar-refractivity contribution < 1.29 is 23.8 Å². The molecule has 0 saturated carbocycles. The van der Waals surface area contributed by atoms with Gasteiger partial charge < -0.3 is 19.5 Å². The quantitative estimate of drug-likeness (QED) is 0.489. The van der Waals surface area contributed by atoms with Crippen LogP contribution in [0.5, 0.6) is 17.2 Å². The molecule has 34 heavy (non-hydrogen) atoms. The second kappa shape index (κ2) is 9.70. The smallest absolute Gasteiger partial charge is 0.282 e. The van der Waals surface area contributed by atoms with Crippen molar-refractivity contribution in [1.82, 2.24) is 0 Å². The number of anilines is 2. The van der Waals surface area contributed by atoms with Crippen LogP contribution in [0.4, 0.5) is 11.4 Å². The predicted molar refractivity (Wildman–Crippen MR) is 131 cm³/mol. The van der Waals surface area contributed by atoms with Gasteiger partial charge in [0.2, 0.25) is 0 Å². The summed E-state index contributed by atoms with van der Waals surface area (Å²) >= 11 is 0. The van der Waals surface area contributed by atoms with E-state index in [0.29, 0.717) is 40.8 Å². The summed E-state index contributed by atoms with van der Waals surface area (Å²) in [5.74, 6) is 0.662. The number of imide groups is 1. The van der Waals surface area contributed by atoms with E-state index in [9.17, 15) is 9.59 Å². The van der Waals surface area contributed by atoms with Crippen molar-refractivity contribution in [2.45, 2.75) is 13.8 Å². The highest BCUT2D eigenvalue weighted by molar-refractivity contribution is 6.46. The largest absolute Gasteiger partial charge is 0.496 e. The average molecular weight is 459 g/mol. The maximum atomic E-state index is 13.8. The fraction of sp³-hybridized carbons (Fsp3) is 0.185. The van der Waals surface area contributed by atoms with Crippen molar-refractivity contribution in [1.29, 1.82) is 0 Å². The Balaban J connectivity index is 1.87. The van der Waals surface area contributed by atoms with Crippen LogP contribution in [0, 0.1) is 6.92 Å². The third kappa shape index (κ3) is 4.20. The lowest BCUT2D eigenvalue weighted by Crippen LogP contribution is -2.32. The van der Waals surface area contributed by atoms with E-state index >= 15 is 0 Å². The molecule has 7 heteroatoms. The number of benzene rings is 3. The zero-order valence-corrected chi connectivity index (χ0v) is 19.5. The van der Waals surface area contributed by atoms with Crippen LogP contribution in [-0.4, -0.2) is 32.6 Å². The van der Waals surface area contributed by atoms with E-state index in [1.165, 1.54) is 7.11 Å². The number of hydrogen-bond acceptors (Lipinski definition) is 6. The highest BCUT2D eigenvalue weighted by atomic mass is 16.5. The number of amides is 2. The summed E-state index contributed by atoms with van der Waals surface area (Å²) < 4.78 is 16.6. The highest BCUT2D eigenvalue weighted by Crippen LogP contribution is 2.39. The van der Waals surface area contributed by atoms with E-state index in [2.05, 4.69) is 5.32 Å². The van der Waals surface area contributed by atoms with Crippen molar-refractivity contribution in [3.8, 4) is 17.2 Å². The minimum Gasteiger partial charge on any atom is -0.496 e. The van der Waals surface area contributed by atoms with Crippen molar-refractivity contribution in [3.63, 3.8) is 0 Å². The predicted octanol–water partition coefficient (Wildman–Crippen LogP) is 4.81. The molecule has 3 aromatic rings. The summed E-state index contributed by atoms with van der Waals surface area (Å²) in [6, 6.07) is 19.6. The second-order valence-corrected chi connectivity index (χ2v) is 7.66. The van der Waals surface area contributed by atoms with Crippen LogP contribution in [-0.2, 0) is 9.59 Å². The summed E-state index contributed by atoms with van der Waals surface area (Å²) in [5.41, 5.74) is 2.84. The van der Waals surface area contributed by atoms with E-state index in [0.717, 1.165) is 10.5 Å². The first-order valence-electron chi connectivity index (χ1n) is 10.9. The van der Waals surface area contributed by atoms with Gasteiger partial charge in [0.25, 0.3) is 11.8 Å². The summed E-state index contributed by atoms with van der Waals surface area (Å²) in [6.07, 6.45) is 0. The zero-order valence-electron chi connectivity index (χ0n) is 19.5. The van der Waals surface area contributed by atoms with Gasteiger partial charge in [-0.2, -0.15) is 0 Å². The van der Waals surface area contributed by atoms with Crippen LogP contribution in [0.2, 0.25) is 0 Å². The minimum atomic E-state index is -0.483. The fourth-order valence-corrected chi connectivity index (χ4v) is 3.91. The lowest BCUT2D eigenvalue weighted by atomic mass is 10.0. The Bertz CT molecular complexity index is 1280. The third-order valence-corrected chi connectivity index (χ3v) is 5.46. The number of para-hydroxylation sites is 1. The normalized spacial score (nSPS) is 13.4. The number of carbonyl (C=O) groups excluding carboxylic acids is 2. The van der Waals surface area contributed by atoms with Gasteiger partial charge in [0.05, 0.1) is 37.8 Å². The van der Waals surface area contributed by atoms with Crippen LogP contribution in [0.15, 0.2) is 72.4 Å². The molecular weight excluding hydrogens is 432 g/mol. The number of hydrogen-bond donors (Lipinski definition) is 1. The minimum absolute atomic E-state index is 0.139. The Labute approximate surface area is 198 Å². The number of ether oxygens (including phenoxy) is 3. The van der Waals surface area contributed by atoms with Crippen molar-refractivity contribution in [2.24, 2.45) is 0 Å². The first-order valence-corrected chi connectivity index (χ1v) is 10.9. The summed E-state index contributed by atoms with van der Waals surface area (Å²) in [5, 5.41) is 3.18. The van der Waals surface area contributed by atoms with Crippen molar-refractivity contribution in [3.05, 3.63) is 83.6 Å². The molecule has 0 spiro atoms. The number of aryl methyl sites for hydroxylation is 1. The Kier molecular flexibility index (Phi) is 6.54. The van der Waals surface area contributed by atoms with Gasteiger partial charge in [-0.3, -0.25) is 9.59 Å². The highest BCUT2D eigenvalue weighted by Gasteiger charge is 2.41. The molecule has 0 unspecified atom stereocenters. The number of nitrogens with zero attached hydrogens (tertiary/aromatic N) is 1. The number of rotatable bonds is 8. The maximum Gasteiger partial charge on any atom is 0.282 e. The molecular formula is C27H26N2O5. The topological polar surface area (TPSA) is 77.1 Å². The van der Waals surface area contributed by atoms with Gasteiger partial charge in [-0.25, -0.2) is 4.90 Å². The Morgan fingerprint density at radius 2 is 1.62 bits per heavy atom. The van der Waals surface area contributed by atoms with Crippen LogP contribution >= 0.6 is 0 Å². The maximum absolute atomic E-state index is 13.8. The molecule has 1 aliphatic heterocycles. The fourth-order valence-electron chi connectivity index (χ4n) is 3.91. The van der Waals surface area contributed by atoms with Crippen LogP contribution in [0.25, 0.3) is 5.57 Å². The molecule has 1 aliphatic rings. The van der Waals surface area contributed by atoms with Gasteiger partial charge in [0.15, 0.2) is 0 Å². The SMILES string of the molecule is CCOc1cccc(N2C(=O)C(Nc3cc(C)ccc3OC)=C(c3ccccc3OC)C2=O)c1. The van der Waals surface area contributed by atoms with Crippen LogP contribution in [0.1, 0.15) is 18.1 Å². The van der Waals surface area contributed by atoms with E-state index in [4.69, 9.17) is 14.2 Å². The molecule has 174 valence electrons. The van der Waals surface area contributed by atoms with Gasteiger partial charge in [-0.15, -0.1) is 0 Å². The molecule has 2 amide bonds.